The second-order valence-corrected chi connectivity index (χ2v) is 6.24. The smallest absolute Gasteiger partial charge is 0.133 e. The number of anilines is 1. The number of rotatable bonds is 2. The fourth-order valence-electron chi connectivity index (χ4n) is 4.10. The number of aryl methyl sites for hydroxylation is 2. The van der Waals surface area contributed by atoms with Crippen molar-refractivity contribution < 1.29 is 4.74 Å². The second kappa shape index (κ2) is 5.01. The first-order valence-corrected chi connectivity index (χ1v) is 7.97. The van der Waals surface area contributed by atoms with E-state index in [-0.39, 0.29) is 0 Å². The van der Waals surface area contributed by atoms with Gasteiger partial charge in [-0.3, -0.25) is 0 Å². The first kappa shape index (κ1) is 12.6. The molecule has 0 aromatic carbocycles. The summed E-state index contributed by atoms with van der Waals surface area (Å²) in [6, 6.07) is 2.82. The Labute approximate surface area is 120 Å². The van der Waals surface area contributed by atoms with Gasteiger partial charge in [-0.15, -0.1) is 0 Å². The van der Waals surface area contributed by atoms with E-state index in [2.05, 4.69) is 11.0 Å². The number of morpholine rings is 1. The predicted molar refractivity (Wildman–Crippen MR) is 78.9 cm³/mol. The monoisotopic (exact) mass is 273 g/mol. The standard InChI is InChI=1S/C16H23N3O/c17-10-12-9-11-3-1-4-13(11)18-16(12)19-7-8-20-15-6-2-5-14(15)19/h9,14-15H,1-8,10,17H2. The van der Waals surface area contributed by atoms with Crippen molar-refractivity contribution in [2.24, 2.45) is 5.73 Å². The minimum Gasteiger partial charge on any atom is -0.374 e. The largest absolute Gasteiger partial charge is 0.374 e. The van der Waals surface area contributed by atoms with Crippen molar-refractivity contribution in [1.82, 2.24) is 4.98 Å². The molecule has 2 aliphatic carbocycles. The highest BCUT2D eigenvalue weighted by atomic mass is 16.5. The number of nitrogens with two attached hydrogens (primary N) is 1. The Kier molecular flexibility index (Phi) is 3.15. The van der Waals surface area contributed by atoms with Crippen LogP contribution >= 0.6 is 0 Å². The van der Waals surface area contributed by atoms with Gasteiger partial charge in [0.15, 0.2) is 0 Å². The number of pyridine rings is 1. The van der Waals surface area contributed by atoms with Crippen LogP contribution in [-0.4, -0.2) is 30.3 Å². The summed E-state index contributed by atoms with van der Waals surface area (Å²) in [5.74, 6) is 1.15. The maximum absolute atomic E-state index is 5.99. The van der Waals surface area contributed by atoms with Gasteiger partial charge >= 0.3 is 0 Å². The topological polar surface area (TPSA) is 51.4 Å². The van der Waals surface area contributed by atoms with Crippen LogP contribution in [0.15, 0.2) is 6.07 Å². The van der Waals surface area contributed by atoms with Gasteiger partial charge in [-0.1, -0.05) is 0 Å². The van der Waals surface area contributed by atoms with Crippen LogP contribution in [-0.2, 0) is 24.1 Å². The van der Waals surface area contributed by atoms with Gasteiger partial charge in [0.2, 0.25) is 0 Å². The highest BCUT2D eigenvalue weighted by molar-refractivity contribution is 5.52. The third-order valence-electron chi connectivity index (χ3n) is 5.08. The average Bonchev–Trinajstić information content (AvgIpc) is 3.13. The molecule has 4 nitrogen and oxygen atoms in total. The Morgan fingerprint density at radius 1 is 1.30 bits per heavy atom. The molecule has 4 rings (SSSR count). The molecule has 2 atom stereocenters. The van der Waals surface area contributed by atoms with Gasteiger partial charge in [0, 0.05) is 24.3 Å². The van der Waals surface area contributed by atoms with Crippen LogP contribution in [0.3, 0.4) is 0 Å². The Bertz CT molecular complexity index is 517. The summed E-state index contributed by atoms with van der Waals surface area (Å²) < 4.78 is 5.92. The number of nitrogens with zero attached hydrogens (tertiary/aromatic N) is 2. The summed E-state index contributed by atoms with van der Waals surface area (Å²) in [5.41, 5.74) is 9.94. The van der Waals surface area contributed by atoms with Gasteiger partial charge in [-0.25, -0.2) is 4.98 Å². The molecule has 3 aliphatic rings. The van der Waals surface area contributed by atoms with E-state index >= 15 is 0 Å². The first-order valence-electron chi connectivity index (χ1n) is 7.97. The molecule has 1 aliphatic heterocycles. The minimum atomic E-state index is 0.407. The molecule has 4 heteroatoms. The van der Waals surface area contributed by atoms with Crippen LogP contribution in [0.25, 0.3) is 0 Å². The number of fused-ring (bicyclic) bond motifs is 2. The van der Waals surface area contributed by atoms with Crippen LogP contribution in [0.2, 0.25) is 0 Å². The zero-order valence-corrected chi connectivity index (χ0v) is 12.0. The highest BCUT2D eigenvalue weighted by Crippen LogP contribution is 2.35. The van der Waals surface area contributed by atoms with Crippen LogP contribution in [0, 0.1) is 0 Å². The van der Waals surface area contributed by atoms with Crippen LogP contribution in [0.1, 0.15) is 42.5 Å². The Hall–Kier alpha value is -1.13. The molecule has 1 saturated carbocycles. The van der Waals surface area contributed by atoms with E-state index in [0.29, 0.717) is 18.7 Å². The van der Waals surface area contributed by atoms with E-state index in [0.717, 1.165) is 25.4 Å². The number of hydrogen-bond acceptors (Lipinski definition) is 4. The van der Waals surface area contributed by atoms with Crippen molar-refractivity contribution in [3.8, 4) is 0 Å². The van der Waals surface area contributed by atoms with E-state index in [1.807, 2.05) is 0 Å². The molecule has 20 heavy (non-hydrogen) atoms. The second-order valence-electron chi connectivity index (χ2n) is 6.24. The molecule has 1 aromatic heterocycles. The molecule has 1 saturated heterocycles. The van der Waals surface area contributed by atoms with Crippen LogP contribution in [0.5, 0.6) is 0 Å². The molecule has 2 fully saturated rings. The first-order chi connectivity index (χ1) is 9.86. The molecule has 108 valence electrons. The lowest BCUT2D eigenvalue weighted by Gasteiger charge is -2.39. The summed E-state index contributed by atoms with van der Waals surface area (Å²) in [4.78, 5) is 7.49. The van der Waals surface area contributed by atoms with E-state index in [4.69, 9.17) is 15.5 Å². The van der Waals surface area contributed by atoms with E-state index in [1.54, 1.807) is 0 Å². The third-order valence-corrected chi connectivity index (χ3v) is 5.08. The molecule has 2 unspecified atom stereocenters. The summed E-state index contributed by atoms with van der Waals surface area (Å²) >= 11 is 0. The Balaban J connectivity index is 1.73. The number of hydrogen-bond donors (Lipinski definition) is 1. The summed E-state index contributed by atoms with van der Waals surface area (Å²) in [5, 5.41) is 0. The van der Waals surface area contributed by atoms with Crippen LogP contribution < -0.4 is 10.6 Å². The quantitative estimate of drug-likeness (QED) is 0.892. The Morgan fingerprint density at radius 3 is 3.15 bits per heavy atom. The van der Waals surface area contributed by atoms with Gasteiger partial charge in [0.25, 0.3) is 0 Å². The molecule has 0 amide bonds. The summed E-state index contributed by atoms with van der Waals surface area (Å²) in [6.45, 7) is 2.37. The minimum absolute atomic E-state index is 0.407. The van der Waals surface area contributed by atoms with Gasteiger partial charge in [0.1, 0.15) is 5.82 Å². The van der Waals surface area contributed by atoms with Gasteiger partial charge in [-0.2, -0.15) is 0 Å². The van der Waals surface area contributed by atoms with Gasteiger partial charge < -0.3 is 15.4 Å². The van der Waals surface area contributed by atoms with E-state index < -0.39 is 0 Å². The fraction of sp³-hybridized carbons (Fsp3) is 0.688. The summed E-state index contributed by atoms with van der Waals surface area (Å²) in [7, 11) is 0. The summed E-state index contributed by atoms with van der Waals surface area (Å²) in [6.07, 6.45) is 7.65. The fourth-order valence-corrected chi connectivity index (χ4v) is 4.10. The zero-order chi connectivity index (χ0) is 13.5. The highest BCUT2D eigenvalue weighted by Gasteiger charge is 2.37. The molecule has 1 aromatic rings. The van der Waals surface area contributed by atoms with Crippen molar-refractivity contribution in [3.05, 3.63) is 22.9 Å². The Morgan fingerprint density at radius 2 is 2.25 bits per heavy atom. The van der Waals surface area contributed by atoms with Crippen molar-refractivity contribution >= 4 is 5.82 Å². The van der Waals surface area contributed by atoms with Crippen molar-refractivity contribution in [3.63, 3.8) is 0 Å². The molecular formula is C16H23N3O. The SMILES string of the molecule is NCc1cc2c(nc1N1CCOC3CCCC31)CCC2. The number of aromatic nitrogens is 1. The molecule has 0 spiro atoms. The molecule has 0 bridgehead atoms. The van der Waals surface area contributed by atoms with E-state index in [1.165, 1.54) is 48.9 Å². The maximum Gasteiger partial charge on any atom is 0.133 e. The maximum atomic E-state index is 5.99. The lowest BCUT2D eigenvalue weighted by atomic mass is 10.1. The van der Waals surface area contributed by atoms with Gasteiger partial charge in [-0.05, 0) is 50.2 Å². The lowest BCUT2D eigenvalue weighted by Crippen LogP contribution is -2.49. The average molecular weight is 273 g/mol. The molecule has 2 heterocycles. The van der Waals surface area contributed by atoms with Crippen molar-refractivity contribution in [1.29, 1.82) is 0 Å². The normalized spacial score (nSPS) is 28.6. The lowest BCUT2D eigenvalue weighted by molar-refractivity contribution is 0.0252. The van der Waals surface area contributed by atoms with Crippen LogP contribution in [0.4, 0.5) is 5.82 Å². The number of ether oxygens (including phenoxy) is 1. The molecule has 2 N–H and O–H groups in total. The zero-order valence-electron chi connectivity index (χ0n) is 12.0. The predicted octanol–water partition coefficient (Wildman–Crippen LogP) is 1.79. The molecular weight excluding hydrogens is 250 g/mol. The van der Waals surface area contributed by atoms with Crippen molar-refractivity contribution in [2.45, 2.75) is 57.2 Å². The molecule has 0 radical (unpaired) electrons. The third kappa shape index (κ3) is 1.93. The van der Waals surface area contributed by atoms with E-state index in [9.17, 15) is 0 Å². The van der Waals surface area contributed by atoms with Crippen molar-refractivity contribution in [2.75, 3.05) is 18.1 Å². The van der Waals surface area contributed by atoms with Gasteiger partial charge in [0.05, 0.1) is 18.8 Å².